The predicted molar refractivity (Wildman–Crippen MR) is 79.6 cm³/mol. The van der Waals surface area contributed by atoms with Crippen molar-refractivity contribution in [3.05, 3.63) is 0 Å². The summed E-state index contributed by atoms with van der Waals surface area (Å²) in [7, 11) is 0. The zero-order valence-corrected chi connectivity index (χ0v) is 13.4. The van der Waals surface area contributed by atoms with Gasteiger partial charge in [0.1, 0.15) is 5.60 Å². The van der Waals surface area contributed by atoms with Crippen LogP contribution in [-0.2, 0) is 4.74 Å². The van der Waals surface area contributed by atoms with Gasteiger partial charge in [-0.15, -0.1) is 0 Å². The van der Waals surface area contributed by atoms with E-state index in [0.29, 0.717) is 6.54 Å². The Bertz CT molecular complexity index is 313. The number of aliphatic hydroxyl groups is 1. The van der Waals surface area contributed by atoms with Crippen molar-refractivity contribution in [3.63, 3.8) is 0 Å². The number of hydrogen-bond donors (Lipinski definition) is 3. The van der Waals surface area contributed by atoms with E-state index in [1.807, 2.05) is 34.6 Å². The lowest BCUT2D eigenvalue weighted by molar-refractivity contribution is 0.0495. The molecule has 1 aliphatic carbocycles. The summed E-state index contributed by atoms with van der Waals surface area (Å²) >= 11 is 0. The SMILES string of the molecule is CC(C)[C@H](O)CN[C@@H]1CCC[C@@H]1NC(=O)OC(C)(C)C. The fourth-order valence-corrected chi connectivity index (χ4v) is 2.34. The smallest absolute Gasteiger partial charge is 0.407 e. The first-order valence-corrected chi connectivity index (χ1v) is 7.60. The lowest BCUT2D eigenvalue weighted by Crippen LogP contribution is -2.49. The molecule has 3 atom stereocenters. The zero-order chi connectivity index (χ0) is 15.3. The quantitative estimate of drug-likeness (QED) is 0.723. The third-order valence-corrected chi connectivity index (χ3v) is 3.58. The minimum Gasteiger partial charge on any atom is -0.444 e. The number of alkyl carbamates (subject to hydrolysis) is 1. The molecule has 0 aromatic heterocycles. The Labute approximate surface area is 122 Å². The molecule has 1 fully saturated rings. The largest absolute Gasteiger partial charge is 0.444 e. The first-order valence-electron chi connectivity index (χ1n) is 7.60. The van der Waals surface area contributed by atoms with E-state index in [4.69, 9.17) is 4.74 Å². The van der Waals surface area contributed by atoms with Gasteiger partial charge in [-0.3, -0.25) is 0 Å². The maximum atomic E-state index is 11.8. The van der Waals surface area contributed by atoms with Crippen molar-refractivity contribution < 1.29 is 14.6 Å². The molecule has 1 rings (SSSR count). The lowest BCUT2D eigenvalue weighted by atomic mass is 10.1. The number of ether oxygens (including phenoxy) is 1. The topological polar surface area (TPSA) is 70.6 Å². The summed E-state index contributed by atoms with van der Waals surface area (Å²) in [5, 5.41) is 16.1. The molecule has 0 heterocycles. The van der Waals surface area contributed by atoms with Gasteiger partial charge < -0.3 is 20.5 Å². The third-order valence-electron chi connectivity index (χ3n) is 3.58. The van der Waals surface area contributed by atoms with Crippen LogP contribution in [0.3, 0.4) is 0 Å². The fraction of sp³-hybridized carbons (Fsp3) is 0.933. The van der Waals surface area contributed by atoms with Gasteiger partial charge in [-0.2, -0.15) is 0 Å². The van der Waals surface area contributed by atoms with Crippen molar-refractivity contribution >= 4 is 6.09 Å². The number of carbonyl (C=O) groups is 1. The summed E-state index contributed by atoms with van der Waals surface area (Å²) < 4.78 is 5.28. The molecule has 0 saturated heterocycles. The molecule has 5 nitrogen and oxygen atoms in total. The van der Waals surface area contributed by atoms with Crippen LogP contribution in [0.4, 0.5) is 4.79 Å². The van der Waals surface area contributed by atoms with E-state index in [1.54, 1.807) is 0 Å². The maximum absolute atomic E-state index is 11.8. The summed E-state index contributed by atoms with van der Waals surface area (Å²) in [6, 6.07) is 0.306. The monoisotopic (exact) mass is 286 g/mol. The average Bonchev–Trinajstić information content (AvgIpc) is 2.70. The van der Waals surface area contributed by atoms with Crippen molar-refractivity contribution in [1.82, 2.24) is 10.6 Å². The lowest BCUT2D eigenvalue weighted by Gasteiger charge is -2.26. The second kappa shape index (κ2) is 7.27. The van der Waals surface area contributed by atoms with Crippen molar-refractivity contribution in [2.45, 2.75) is 77.7 Å². The Hall–Kier alpha value is -0.810. The van der Waals surface area contributed by atoms with Crippen LogP contribution in [0.25, 0.3) is 0 Å². The van der Waals surface area contributed by atoms with E-state index in [0.717, 1.165) is 19.3 Å². The Morgan fingerprint density at radius 1 is 1.30 bits per heavy atom. The van der Waals surface area contributed by atoms with Gasteiger partial charge in [0, 0.05) is 18.6 Å². The van der Waals surface area contributed by atoms with Crippen LogP contribution >= 0.6 is 0 Å². The van der Waals surface area contributed by atoms with Crippen LogP contribution < -0.4 is 10.6 Å². The fourth-order valence-electron chi connectivity index (χ4n) is 2.34. The third kappa shape index (κ3) is 6.09. The molecule has 118 valence electrons. The number of amides is 1. The predicted octanol–water partition coefficient (Wildman–Crippen LogP) is 2.04. The summed E-state index contributed by atoms with van der Waals surface area (Å²) in [5.74, 6) is 0.237. The highest BCUT2D eigenvalue weighted by molar-refractivity contribution is 5.68. The van der Waals surface area contributed by atoms with Gasteiger partial charge >= 0.3 is 6.09 Å². The second-order valence-corrected chi connectivity index (χ2v) is 7.01. The number of rotatable bonds is 5. The molecule has 1 aliphatic rings. The molecular formula is C15H30N2O3. The van der Waals surface area contributed by atoms with E-state index in [1.165, 1.54) is 0 Å². The molecule has 0 aliphatic heterocycles. The number of carbonyl (C=O) groups excluding carboxylic acids is 1. The molecule has 1 amide bonds. The normalized spacial score (nSPS) is 24.8. The summed E-state index contributed by atoms with van der Waals surface area (Å²) in [6.07, 6.45) is 2.34. The van der Waals surface area contributed by atoms with E-state index in [9.17, 15) is 9.90 Å². The Kier molecular flexibility index (Phi) is 6.27. The molecule has 0 aromatic carbocycles. The van der Waals surface area contributed by atoms with Crippen LogP contribution in [0.2, 0.25) is 0 Å². The molecule has 5 heteroatoms. The number of hydrogen-bond acceptors (Lipinski definition) is 4. The van der Waals surface area contributed by atoms with Gasteiger partial charge in [0.05, 0.1) is 6.10 Å². The Morgan fingerprint density at radius 3 is 2.45 bits per heavy atom. The highest BCUT2D eigenvalue weighted by atomic mass is 16.6. The van der Waals surface area contributed by atoms with E-state index in [2.05, 4.69) is 10.6 Å². The molecule has 0 unspecified atom stereocenters. The van der Waals surface area contributed by atoms with E-state index < -0.39 is 5.60 Å². The second-order valence-electron chi connectivity index (χ2n) is 7.01. The minimum absolute atomic E-state index is 0.0872. The van der Waals surface area contributed by atoms with Gasteiger partial charge in [0.2, 0.25) is 0 Å². The van der Waals surface area contributed by atoms with Gasteiger partial charge in [0.25, 0.3) is 0 Å². The first kappa shape index (κ1) is 17.2. The van der Waals surface area contributed by atoms with Crippen molar-refractivity contribution in [3.8, 4) is 0 Å². The standard InChI is InChI=1S/C15H30N2O3/c1-10(2)13(18)9-16-11-7-6-8-12(11)17-14(19)20-15(3,4)5/h10-13,16,18H,6-9H2,1-5H3,(H,17,19)/t11-,12+,13-/m1/s1. The average molecular weight is 286 g/mol. The minimum atomic E-state index is -0.473. The summed E-state index contributed by atoms with van der Waals surface area (Å²) in [6.45, 7) is 10.1. The van der Waals surface area contributed by atoms with Crippen LogP contribution in [0.5, 0.6) is 0 Å². The highest BCUT2D eigenvalue weighted by Gasteiger charge is 2.30. The molecule has 20 heavy (non-hydrogen) atoms. The molecule has 0 aromatic rings. The van der Waals surface area contributed by atoms with Crippen LogP contribution in [-0.4, -0.2) is 41.5 Å². The Morgan fingerprint density at radius 2 is 1.90 bits per heavy atom. The van der Waals surface area contributed by atoms with Crippen LogP contribution in [0, 0.1) is 5.92 Å². The molecule has 3 N–H and O–H groups in total. The van der Waals surface area contributed by atoms with E-state index in [-0.39, 0.29) is 30.2 Å². The number of aliphatic hydroxyl groups excluding tert-OH is 1. The maximum Gasteiger partial charge on any atom is 0.407 e. The van der Waals surface area contributed by atoms with E-state index >= 15 is 0 Å². The number of nitrogens with one attached hydrogen (secondary N) is 2. The Balaban J connectivity index is 2.39. The molecule has 0 spiro atoms. The molecule has 0 bridgehead atoms. The molecule has 0 radical (unpaired) electrons. The van der Waals surface area contributed by atoms with Crippen LogP contribution in [0.15, 0.2) is 0 Å². The van der Waals surface area contributed by atoms with Gasteiger partial charge in [-0.1, -0.05) is 13.8 Å². The molecule has 1 saturated carbocycles. The molecular weight excluding hydrogens is 256 g/mol. The van der Waals surface area contributed by atoms with Crippen molar-refractivity contribution in [1.29, 1.82) is 0 Å². The van der Waals surface area contributed by atoms with Crippen molar-refractivity contribution in [2.24, 2.45) is 5.92 Å². The highest BCUT2D eigenvalue weighted by Crippen LogP contribution is 2.20. The first-order chi connectivity index (χ1) is 9.19. The van der Waals surface area contributed by atoms with Gasteiger partial charge in [0.15, 0.2) is 0 Å². The zero-order valence-electron chi connectivity index (χ0n) is 13.4. The van der Waals surface area contributed by atoms with Gasteiger partial charge in [-0.25, -0.2) is 4.79 Å². The summed E-state index contributed by atoms with van der Waals surface area (Å²) in [5.41, 5.74) is -0.473. The van der Waals surface area contributed by atoms with Crippen LogP contribution in [0.1, 0.15) is 53.9 Å². The van der Waals surface area contributed by atoms with Crippen molar-refractivity contribution in [2.75, 3.05) is 6.54 Å². The van der Waals surface area contributed by atoms with Gasteiger partial charge in [-0.05, 0) is 46.0 Å². The summed E-state index contributed by atoms with van der Waals surface area (Å²) in [4.78, 5) is 11.8.